The minimum Gasteiger partial charge on any atom is -0.495 e. The number of ether oxygens (including phenoxy) is 1. The molecule has 0 bridgehead atoms. The van der Waals surface area contributed by atoms with Gasteiger partial charge >= 0.3 is 0 Å². The van der Waals surface area contributed by atoms with E-state index in [9.17, 15) is 0 Å². The van der Waals surface area contributed by atoms with Gasteiger partial charge in [0.05, 0.1) is 18.7 Å². The van der Waals surface area contributed by atoms with Gasteiger partial charge in [-0.05, 0) is 12.1 Å². The average molecular weight is 366 g/mol. The van der Waals surface area contributed by atoms with Crippen LogP contribution >= 0.6 is 48.0 Å². The molecule has 0 heterocycles. The maximum absolute atomic E-state index is 8.60. The highest BCUT2D eigenvalue weighted by Gasteiger charge is 2.09. The molecule has 0 fully saturated rings. The van der Waals surface area contributed by atoms with Crippen LogP contribution in [0.3, 0.4) is 0 Å². The molecule has 0 atom stereocenters. The zero-order valence-electron chi connectivity index (χ0n) is 11.1. The third-order valence-corrected chi connectivity index (χ3v) is 2.87. The van der Waals surface area contributed by atoms with Gasteiger partial charge in [-0.2, -0.15) is 0 Å². The van der Waals surface area contributed by atoms with Gasteiger partial charge < -0.3 is 20.5 Å². The maximum atomic E-state index is 8.60. The van der Waals surface area contributed by atoms with Crippen LogP contribution in [-0.2, 0) is 6.54 Å². The molecule has 0 saturated carbocycles. The quantitative estimate of drug-likeness (QED) is 0.619. The lowest BCUT2D eigenvalue weighted by Crippen LogP contribution is -2.28. The molecule has 8 heteroatoms. The number of rotatable bonds is 8. The number of halogens is 4. The van der Waals surface area contributed by atoms with Crippen molar-refractivity contribution in [3.8, 4) is 5.75 Å². The fourth-order valence-corrected chi connectivity index (χ4v) is 2.19. The van der Waals surface area contributed by atoms with Crippen LogP contribution in [0.2, 0.25) is 10.0 Å². The molecule has 0 unspecified atom stereocenters. The third kappa shape index (κ3) is 7.74. The molecule has 4 nitrogen and oxygen atoms in total. The van der Waals surface area contributed by atoms with E-state index in [0.717, 1.165) is 18.7 Å². The van der Waals surface area contributed by atoms with Crippen LogP contribution in [0.5, 0.6) is 5.75 Å². The molecule has 0 aliphatic carbocycles. The fraction of sp³-hybridized carbons (Fsp3) is 0.500. The van der Waals surface area contributed by atoms with Crippen LogP contribution in [0.4, 0.5) is 0 Å². The molecule has 1 rings (SSSR count). The second-order valence-corrected chi connectivity index (χ2v) is 4.57. The van der Waals surface area contributed by atoms with E-state index in [1.807, 2.05) is 6.07 Å². The monoisotopic (exact) mass is 364 g/mol. The van der Waals surface area contributed by atoms with Gasteiger partial charge in [-0.15, -0.1) is 24.8 Å². The Morgan fingerprint density at radius 3 is 2.35 bits per heavy atom. The van der Waals surface area contributed by atoms with Crippen LogP contribution in [0.25, 0.3) is 0 Å². The Hall–Kier alpha value is 0.0600. The molecule has 0 aromatic heterocycles. The molecule has 20 heavy (non-hydrogen) atoms. The Balaban J connectivity index is 0. The van der Waals surface area contributed by atoms with Gasteiger partial charge in [0.15, 0.2) is 0 Å². The molecule has 0 aliphatic rings. The van der Waals surface area contributed by atoms with Gasteiger partial charge in [0, 0.05) is 36.8 Å². The van der Waals surface area contributed by atoms with Crippen LogP contribution < -0.4 is 15.4 Å². The van der Waals surface area contributed by atoms with E-state index in [0.29, 0.717) is 28.9 Å². The fourth-order valence-electron chi connectivity index (χ4n) is 1.58. The van der Waals surface area contributed by atoms with Crippen molar-refractivity contribution in [1.29, 1.82) is 0 Å². The molecule has 0 amide bonds. The summed E-state index contributed by atoms with van der Waals surface area (Å²) in [5, 5.41) is 16.0. The summed E-state index contributed by atoms with van der Waals surface area (Å²) in [6.07, 6.45) is 0. The van der Waals surface area contributed by atoms with E-state index in [1.165, 1.54) is 0 Å². The number of aliphatic hydroxyl groups excluding tert-OH is 1. The standard InChI is InChI=1S/C12H18Cl2N2O2.2ClH/c1-18-12-9(6-10(13)7-11(12)14)8-16-3-2-15-4-5-17;;/h6-7,15-17H,2-5,8H2,1H3;2*1H. The first kappa shape index (κ1) is 22.3. The molecular formula is C12H20Cl4N2O2. The first-order valence-corrected chi connectivity index (χ1v) is 6.48. The zero-order valence-corrected chi connectivity index (χ0v) is 14.3. The molecule has 3 N–H and O–H groups in total. The summed E-state index contributed by atoms with van der Waals surface area (Å²) >= 11 is 12.0. The SMILES string of the molecule is COc1c(Cl)cc(Cl)cc1CNCCNCCO.Cl.Cl. The number of hydrogen-bond donors (Lipinski definition) is 3. The summed E-state index contributed by atoms with van der Waals surface area (Å²) in [7, 11) is 1.58. The normalized spacial score (nSPS) is 9.60. The van der Waals surface area contributed by atoms with Gasteiger partial charge in [0.2, 0.25) is 0 Å². The predicted octanol–water partition coefficient (Wildman–Crippen LogP) is 2.52. The minimum atomic E-state index is 0. The van der Waals surface area contributed by atoms with E-state index in [4.69, 9.17) is 33.0 Å². The van der Waals surface area contributed by atoms with Crippen LogP contribution in [0.15, 0.2) is 12.1 Å². The Bertz CT molecular complexity index is 381. The second-order valence-electron chi connectivity index (χ2n) is 3.73. The highest BCUT2D eigenvalue weighted by atomic mass is 35.5. The smallest absolute Gasteiger partial charge is 0.142 e. The Morgan fingerprint density at radius 1 is 1.10 bits per heavy atom. The number of methoxy groups -OCH3 is 1. The lowest BCUT2D eigenvalue weighted by molar-refractivity contribution is 0.292. The topological polar surface area (TPSA) is 53.5 Å². The summed E-state index contributed by atoms with van der Waals surface area (Å²) in [6, 6.07) is 3.49. The van der Waals surface area contributed by atoms with Crippen molar-refractivity contribution >= 4 is 48.0 Å². The Kier molecular flexibility index (Phi) is 14.3. The maximum Gasteiger partial charge on any atom is 0.142 e. The van der Waals surface area contributed by atoms with Gasteiger partial charge in [-0.25, -0.2) is 0 Å². The second kappa shape index (κ2) is 12.8. The summed E-state index contributed by atoms with van der Waals surface area (Å²) in [4.78, 5) is 0. The van der Waals surface area contributed by atoms with E-state index >= 15 is 0 Å². The molecule has 0 saturated heterocycles. The van der Waals surface area contributed by atoms with Crippen LogP contribution in [0.1, 0.15) is 5.56 Å². The van der Waals surface area contributed by atoms with Crippen molar-refractivity contribution < 1.29 is 9.84 Å². The Morgan fingerprint density at radius 2 is 1.75 bits per heavy atom. The van der Waals surface area contributed by atoms with Crippen molar-refractivity contribution in [3.63, 3.8) is 0 Å². The third-order valence-electron chi connectivity index (χ3n) is 2.37. The summed E-state index contributed by atoms with van der Waals surface area (Å²) < 4.78 is 5.25. The minimum absolute atomic E-state index is 0. The average Bonchev–Trinajstić information content (AvgIpc) is 2.33. The lowest BCUT2D eigenvalue weighted by atomic mass is 10.2. The van der Waals surface area contributed by atoms with Crippen molar-refractivity contribution in [2.45, 2.75) is 6.54 Å². The van der Waals surface area contributed by atoms with Crippen molar-refractivity contribution in [3.05, 3.63) is 27.7 Å². The van der Waals surface area contributed by atoms with E-state index in [-0.39, 0.29) is 31.4 Å². The van der Waals surface area contributed by atoms with E-state index in [1.54, 1.807) is 13.2 Å². The Labute approximate surface area is 142 Å². The van der Waals surface area contributed by atoms with Gasteiger partial charge in [-0.3, -0.25) is 0 Å². The molecule has 0 radical (unpaired) electrons. The van der Waals surface area contributed by atoms with Crippen LogP contribution in [0, 0.1) is 0 Å². The van der Waals surface area contributed by atoms with Crippen molar-refractivity contribution in [1.82, 2.24) is 10.6 Å². The van der Waals surface area contributed by atoms with E-state index in [2.05, 4.69) is 10.6 Å². The van der Waals surface area contributed by atoms with Gasteiger partial charge in [-0.1, -0.05) is 23.2 Å². The van der Waals surface area contributed by atoms with Crippen LogP contribution in [-0.4, -0.2) is 38.5 Å². The highest BCUT2D eigenvalue weighted by molar-refractivity contribution is 6.35. The van der Waals surface area contributed by atoms with Crippen molar-refractivity contribution in [2.75, 3.05) is 33.4 Å². The summed E-state index contributed by atoms with van der Waals surface area (Å²) in [5.41, 5.74) is 0.928. The number of aliphatic hydroxyl groups is 1. The summed E-state index contributed by atoms with van der Waals surface area (Å²) in [6.45, 7) is 2.96. The molecular weight excluding hydrogens is 346 g/mol. The predicted molar refractivity (Wildman–Crippen MR) is 89.2 cm³/mol. The lowest BCUT2D eigenvalue weighted by Gasteiger charge is -2.12. The zero-order chi connectivity index (χ0) is 13.4. The number of nitrogens with one attached hydrogen (secondary N) is 2. The number of hydrogen-bond acceptors (Lipinski definition) is 4. The first-order chi connectivity index (χ1) is 8.69. The largest absolute Gasteiger partial charge is 0.495 e. The van der Waals surface area contributed by atoms with Gasteiger partial charge in [0.1, 0.15) is 5.75 Å². The van der Waals surface area contributed by atoms with E-state index < -0.39 is 0 Å². The number of benzene rings is 1. The molecule has 0 spiro atoms. The molecule has 1 aromatic carbocycles. The molecule has 1 aromatic rings. The first-order valence-electron chi connectivity index (χ1n) is 5.73. The van der Waals surface area contributed by atoms with Crippen molar-refractivity contribution in [2.24, 2.45) is 0 Å². The highest BCUT2D eigenvalue weighted by Crippen LogP contribution is 2.31. The molecule has 118 valence electrons. The summed E-state index contributed by atoms with van der Waals surface area (Å²) in [5.74, 6) is 0.650. The van der Waals surface area contributed by atoms with Gasteiger partial charge in [0.25, 0.3) is 0 Å². The molecule has 0 aliphatic heterocycles.